The van der Waals surface area contributed by atoms with Crippen LogP contribution in [0.3, 0.4) is 0 Å². The molecule has 0 aromatic heterocycles. The van der Waals surface area contributed by atoms with Crippen LogP contribution < -0.4 is 0 Å². The van der Waals surface area contributed by atoms with Gasteiger partial charge in [-0.2, -0.15) is 0 Å². The number of benzene rings is 1. The number of likely N-dealkylation sites (tertiary alicyclic amines) is 1. The number of carbonyl (C=O) groups excluding carboxylic acids is 3. The van der Waals surface area contributed by atoms with Crippen molar-refractivity contribution in [2.45, 2.75) is 57.5 Å². The molecule has 2 N–H and O–H groups in total. The van der Waals surface area contributed by atoms with E-state index in [-0.39, 0.29) is 37.4 Å². The summed E-state index contributed by atoms with van der Waals surface area (Å²) in [5, 5.41) is 20.7. The topological polar surface area (TPSA) is 111 Å². The van der Waals surface area contributed by atoms with Crippen LogP contribution in [0.25, 0.3) is 0 Å². The van der Waals surface area contributed by atoms with Crippen LogP contribution in [-0.2, 0) is 20.9 Å². The lowest BCUT2D eigenvalue weighted by Crippen LogP contribution is -2.58. The zero-order chi connectivity index (χ0) is 23.6. The standard InChI is InChI=1S/C24H33N3O6/c1-17-21(30)25(13-14-27(17)23(32)33-16-18-5-3-2-4-6-18)11-7-19(28)22(31)26-12-10-24(8-9-24)20(29)15-26/h2-6,17,19-20,28-29H,7-16H2,1H3. The maximum absolute atomic E-state index is 12.8. The Hall–Kier alpha value is -2.65. The van der Waals surface area contributed by atoms with Gasteiger partial charge < -0.3 is 24.7 Å². The number of aliphatic hydroxyl groups is 2. The molecule has 0 bridgehead atoms. The molecule has 9 nitrogen and oxygen atoms in total. The van der Waals surface area contributed by atoms with Crippen LogP contribution in [0.4, 0.5) is 4.79 Å². The van der Waals surface area contributed by atoms with Gasteiger partial charge in [0.05, 0.1) is 6.10 Å². The fraction of sp³-hybridized carbons (Fsp3) is 0.625. The van der Waals surface area contributed by atoms with Crippen molar-refractivity contribution in [2.75, 3.05) is 32.7 Å². The van der Waals surface area contributed by atoms with Crippen molar-refractivity contribution in [3.05, 3.63) is 35.9 Å². The summed E-state index contributed by atoms with van der Waals surface area (Å²) in [4.78, 5) is 42.4. The summed E-state index contributed by atoms with van der Waals surface area (Å²) in [7, 11) is 0. The van der Waals surface area contributed by atoms with Crippen LogP contribution in [-0.4, -0.2) is 93.8 Å². The number of rotatable bonds is 6. The molecule has 3 atom stereocenters. The van der Waals surface area contributed by atoms with E-state index in [1.165, 1.54) is 9.80 Å². The van der Waals surface area contributed by atoms with Gasteiger partial charge in [0.1, 0.15) is 18.8 Å². The number of piperidine rings is 1. The molecule has 1 spiro atoms. The number of nitrogens with zero attached hydrogens (tertiary/aromatic N) is 3. The highest BCUT2D eigenvalue weighted by Gasteiger charge is 2.52. The molecule has 2 saturated heterocycles. The molecule has 3 amide bonds. The Kier molecular flexibility index (Phi) is 6.90. The van der Waals surface area contributed by atoms with Crippen molar-refractivity contribution in [3.63, 3.8) is 0 Å². The summed E-state index contributed by atoms with van der Waals surface area (Å²) >= 11 is 0. The SMILES string of the molecule is CC1C(=O)N(CCC(O)C(=O)N2CCC3(CC3)C(O)C2)CCN1C(=O)OCc1ccccc1. The molecule has 180 valence electrons. The second-order valence-electron chi connectivity index (χ2n) is 9.45. The highest BCUT2D eigenvalue weighted by atomic mass is 16.6. The van der Waals surface area contributed by atoms with Crippen LogP contribution in [0.2, 0.25) is 0 Å². The average molecular weight is 460 g/mol. The summed E-state index contributed by atoms with van der Waals surface area (Å²) in [5.74, 6) is -0.630. The fourth-order valence-corrected chi connectivity index (χ4v) is 4.78. The molecule has 9 heteroatoms. The minimum absolute atomic E-state index is 0.00773. The maximum Gasteiger partial charge on any atom is 0.410 e. The molecule has 1 saturated carbocycles. The second kappa shape index (κ2) is 9.69. The number of ether oxygens (including phenoxy) is 1. The van der Waals surface area contributed by atoms with E-state index in [2.05, 4.69) is 0 Å². The second-order valence-corrected chi connectivity index (χ2v) is 9.45. The lowest BCUT2D eigenvalue weighted by atomic mass is 9.90. The van der Waals surface area contributed by atoms with E-state index in [0.717, 1.165) is 24.8 Å². The first-order valence-electron chi connectivity index (χ1n) is 11.7. The summed E-state index contributed by atoms with van der Waals surface area (Å²) in [5.41, 5.74) is 0.863. The first kappa shape index (κ1) is 23.5. The van der Waals surface area contributed by atoms with Gasteiger partial charge in [-0.3, -0.25) is 14.5 Å². The van der Waals surface area contributed by atoms with E-state index in [4.69, 9.17) is 4.74 Å². The molecule has 3 unspecified atom stereocenters. The van der Waals surface area contributed by atoms with Gasteiger partial charge in [0.15, 0.2) is 0 Å². The molecule has 1 aromatic carbocycles. The third-order valence-corrected chi connectivity index (χ3v) is 7.33. The van der Waals surface area contributed by atoms with Crippen LogP contribution in [0.5, 0.6) is 0 Å². The van der Waals surface area contributed by atoms with Gasteiger partial charge in [0.2, 0.25) is 5.91 Å². The lowest BCUT2D eigenvalue weighted by Gasteiger charge is -2.39. The Morgan fingerprint density at radius 3 is 2.55 bits per heavy atom. The van der Waals surface area contributed by atoms with E-state index in [0.29, 0.717) is 19.6 Å². The van der Waals surface area contributed by atoms with Crippen molar-refractivity contribution >= 4 is 17.9 Å². The number of β-amino-alcohol motifs (C(OH)–C–C–N with tert-alkyl or cyclic N) is 1. The van der Waals surface area contributed by atoms with Gasteiger partial charge in [-0.25, -0.2) is 4.79 Å². The monoisotopic (exact) mass is 459 g/mol. The van der Waals surface area contributed by atoms with E-state index >= 15 is 0 Å². The van der Waals surface area contributed by atoms with Crippen LogP contribution in [0.15, 0.2) is 30.3 Å². The summed E-state index contributed by atoms with van der Waals surface area (Å²) in [6, 6.07) is 8.66. The third kappa shape index (κ3) is 5.14. The number of carbonyl (C=O) groups is 3. The highest BCUT2D eigenvalue weighted by molar-refractivity contribution is 5.86. The van der Waals surface area contributed by atoms with Crippen molar-refractivity contribution in [1.29, 1.82) is 0 Å². The Morgan fingerprint density at radius 2 is 1.88 bits per heavy atom. The Balaban J connectivity index is 1.22. The molecular formula is C24H33N3O6. The van der Waals surface area contributed by atoms with Gasteiger partial charge in [-0.1, -0.05) is 30.3 Å². The molecule has 1 aliphatic carbocycles. The predicted octanol–water partition coefficient (Wildman–Crippen LogP) is 0.980. The van der Waals surface area contributed by atoms with E-state index < -0.39 is 30.3 Å². The summed E-state index contributed by atoms with van der Waals surface area (Å²) in [6.45, 7) is 3.47. The third-order valence-electron chi connectivity index (χ3n) is 7.33. The minimum atomic E-state index is -1.22. The molecule has 0 radical (unpaired) electrons. The van der Waals surface area contributed by atoms with Crippen LogP contribution in [0, 0.1) is 5.41 Å². The Bertz CT molecular complexity index is 874. The first-order chi connectivity index (χ1) is 15.8. The van der Waals surface area contributed by atoms with E-state index in [1.54, 1.807) is 11.8 Å². The van der Waals surface area contributed by atoms with Gasteiger partial charge in [0.25, 0.3) is 5.91 Å². The van der Waals surface area contributed by atoms with E-state index in [9.17, 15) is 24.6 Å². The molecule has 2 heterocycles. The summed E-state index contributed by atoms with van der Waals surface area (Å²) in [6.07, 6.45) is 0.613. The van der Waals surface area contributed by atoms with Crippen molar-refractivity contribution in [3.8, 4) is 0 Å². The Morgan fingerprint density at radius 1 is 1.15 bits per heavy atom. The number of amides is 3. The molecule has 33 heavy (non-hydrogen) atoms. The molecule has 4 rings (SSSR count). The molecule has 2 aliphatic heterocycles. The number of piperazine rings is 1. The molecule has 3 fully saturated rings. The predicted molar refractivity (Wildman–Crippen MR) is 119 cm³/mol. The molecule has 3 aliphatic rings. The quantitative estimate of drug-likeness (QED) is 0.656. The minimum Gasteiger partial charge on any atom is -0.445 e. The number of hydrogen-bond acceptors (Lipinski definition) is 6. The average Bonchev–Trinajstić information content (AvgIpc) is 3.61. The smallest absolute Gasteiger partial charge is 0.410 e. The van der Waals surface area contributed by atoms with Gasteiger partial charge in [-0.05, 0) is 43.6 Å². The van der Waals surface area contributed by atoms with Crippen LogP contribution >= 0.6 is 0 Å². The van der Waals surface area contributed by atoms with Gasteiger partial charge in [0, 0.05) is 32.7 Å². The highest BCUT2D eigenvalue weighted by Crippen LogP contribution is 2.53. The molecule has 1 aromatic rings. The zero-order valence-corrected chi connectivity index (χ0v) is 19.1. The number of aliphatic hydroxyl groups excluding tert-OH is 2. The van der Waals surface area contributed by atoms with E-state index in [1.807, 2.05) is 30.3 Å². The lowest BCUT2D eigenvalue weighted by molar-refractivity contribution is -0.147. The fourth-order valence-electron chi connectivity index (χ4n) is 4.78. The molecular weight excluding hydrogens is 426 g/mol. The normalized spacial score (nSPS) is 25.2. The first-order valence-corrected chi connectivity index (χ1v) is 11.7. The summed E-state index contributed by atoms with van der Waals surface area (Å²) < 4.78 is 5.35. The largest absolute Gasteiger partial charge is 0.445 e. The Labute approximate surface area is 193 Å². The van der Waals surface area contributed by atoms with Crippen molar-refractivity contribution in [2.24, 2.45) is 5.41 Å². The zero-order valence-electron chi connectivity index (χ0n) is 19.1. The van der Waals surface area contributed by atoms with Gasteiger partial charge >= 0.3 is 6.09 Å². The maximum atomic E-state index is 12.8. The van der Waals surface area contributed by atoms with Crippen molar-refractivity contribution < 1.29 is 29.3 Å². The van der Waals surface area contributed by atoms with Crippen molar-refractivity contribution in [1.82, 2.24) is 14.7 Å². The van der Waals surface area contributed by atoms with Gasteiger partial charge in [-0.15, -0.1) is 0 Å². The van der Waals surface area contributed by atoms with Crippen LogP contribution in [0.1, 0.15) is 38.2 Å². The number of hydrogen-bond donors (Lipinski definition) is 2.